The number of aromatic nitrogens is 5. The first-order valence-corrected chi connectivity index (χ1v) is 7.94. The van der Waals surface area contributed by atoms with Gasteiger partial charge in [0.2, 0.25) is 0 Å². The van der Waals surface area contributed by atoms with E-state index in [1.54, 1.807) is 4.52 Å². The molecule has 0 radical (unpaired) electrons. The van der Waals surface area contributed by atoms with E-state index in [1.807, 2.05) is 91.0 Å². The molecule has 0 aliphatic heterocycles. The molecule has 0 amide bonds. The van der Waals surface area contributed by atoms with Crippen molar-refractivity contribution < 1.29 is 0 Å². The molecule has 25 heavy (non-hydrogen) atoms. The maximum Gasteiger partial charge on any atom is 0.274 e. The van der Waals surface area contributed by atoms with Gasteiger partial charge in [0.25, 0.3) is 5.78 Å². The monoisotopic (exact) mass is 325 g/mol. The number of tetrazole rings is 1. The van der Waals surface area contributed by atoms with Crippen LogP contribution in [0.2, 0.25) is 0 Å². The molecule has 0 spiro atoms. The summed E-state index contributed by atoms with van der Waals surface area (Å²) in [6, 6.07) is 22.2. The van der Waals surface area contributed by atoms with Gasteiger partial charge < -0.3 is 0 Å². The van der Waals surface area contributed by atoms with Crippen molar-refractivity contribution in [3.63, 3.8) is 0 Å². The molecule has 5 heteroatoms. The van der Waals surface area contributed by atoms with Crippen LogP contribution < -0.4 is 0 Å². The fourth-order valence-corrected chi connectivity index (χ4v) is 2.48. The summed E-state index contributed by atoms with van der Waals surface area (Å²) in [5.74, 6) is 0.475. The fraction of sp³-hybridized carbons (Fsp3) is 0. The van der Waals surface area contributed by atoms with Crippen molar-refractivity contribution in [2.75, 3.05) is 0 Å². The van der Waals surface area contributed by atoms with E-state index in [0.717, 1.165) is 22.5 Å². The Labute approximate surface area is 145 Å². The van der Waals surface area contributed by atoms with Crippen molar-refractivity contribution >= 4 is 30.1 Å². The Bertz CT molecular complexity index is 1030. The van der Waals surface area contributed by atoms with Gasteiger partial charge >= 0.3 is 0 Å². The van der Waals surface area contributed by atoms with Crippen LogP contribution in [0.1, 0.15) is 22.5 Å². The zero-order chi connectivity index (χ0) is 16.9. The SMILES string of the molecule is C(=C/c1cc(/C=C\c2ccccc2)n2nnnc2n1)/c1ccccc1. The molecule has 0 fully saturated rings. The highest BCUT2D eigenvalue weighted by Gasteiger charge is 2.05. The Morgan fingerprint density at radius 1 is 0.720 bits per heavy atom. The summed E-state index contributed by atoms with van der Waals surface area (Å²) in [6.07, 6.45) is 8.00. The topological polar surface area (TPSA) is 56.0 Å². The van der Waals surface area contributed by atoms with Crippen LogP contribution in [0.3, 0.4) is 0 Å². The van der Waals surface area contributed by atoms with E-state index in [2.05, 4.69) is 20.5 Å². The third-order valence-electron chi connectivity index (χ3n) is 3.71. The molecule has 2 aromatic heterocycles. The number of fused-ring (bicyclic) bond motifs is 1. The third-order valence-corrected chi connectivity index (χ3v) is 3.71. The van der Waals surface area contributed by atoms with Gasteiger partial charge in [0.1, 0.15) is 0 Å². The molecule has 4 rings (SSSR count). The molecule has 4 aromatic rings. The second kappa shape index (κ2) is 6.88. The van der Waals surface area contributed by atoms with Crippen molar-refractivity contribution in [1.29, 1.82) is 0 Å². The Hall–Kier alpha value is -3.60. The summed E-state index contributed by atoms with van der Waals surface area (Å²) in [6.45, 7) is 0. The van der Waals surface area contributed by atoms with Crippen molar-refractivity contribution in [1.82, 2.24) is 25.0 Å². The van der Waals surface area contributed by atoms with E-state index in [-0.39, 0.29) is 0 Å². The molecule has 120 valence electrons. The fourth-order valence-electron chi connectivity index (χ4n) is 2.48. The highest BCUT2D eigenvalue weighted by atomic mass is 15.5. The minimum absolute atomic E-state index is 0.475. The lowest BCUT2D eigenvalue weighted by molar-refractivity contribution is 0.815. The lowest BCUT2D eigenvalue weighted by Gasteiger charge is -2.00. The highest BCUT2D eigenvalue weighted by Crippen LogP contribution is 2.12. The minimum atomic E-state index is 0.475. The van der Waals surface area contributed by atoms with Crippen molar-refractivity contribution in [2.24, 2.45) is 0 Å². The van der Waals surface area contributed by atoms with Gasteiger partial charge in [-0.15, -0.1) is 0 Å². The second-order valence-corrected chi connectivity index (χ2v) is 5.48. The first kappa shape index (κ1) is 15.0. The van der Waals surface area contributed by atoms with Gasteiger partial charge in [-0.3, -0.25) is 0 Å². The van der Waals surface area contributed by atoms with Crippen LogP contribution in [0.15, 0.2) is 66.7 Å². The molecule has 0 saturated carbocycles. The zero-order valence-corrected chi connectivity index (χ0v) is 13.4. The summed E-state index contributed by atoms with van der Waals surface area (Å²) < 4.78 is 1.62. The third kappa shape index (κ3) is 3.50. The summed E-state index contributed by atoms with van der Waals surface area (Å²) >= 11 is 0. The van der Waals surface area contributed by atoms with Crippen LogP contribution >= 0.6 is 0 Å². The molecule has 0 aliphatic carbocycles. The molecular formula is C20H15N5. The Morgan fingerprint density at radius 2 is 1.36 bits per heavy atom. The van der Waals surface area contributed by atoms with E-state index in [1.165, 1.54) is 0 Å². The number of nitrogens with zero attached hydrogens (tertiary/aromatic N) is 5. The first-order valence-electron chi connectivity index (χ1n) is 7.94. The van der Waals surface area contributed by atoms with Crippen LogP contribution in [0.25, 0.3) is 30.1 Å². The smallest absolute Gasteiger partial charge is 0.210 e. The second-order valence-electron chi connectivity index (χ2n) is 5.48. The molecule has 2 heterocycles. The van der Waals surface area contributed by atoms with E-state index < -0.39 is 0 Å². The minimum Gasteiger partial charge on any atom is -0.210 e. The first-order chi connectivity index (χ1) is 12.4. The quantitative estimate of drug-likeness (QED) is 0.572. The van der Waals surface area contributed by atoms with Gasteiger partial charge in [0, 0.05) is 0 Å². The lowest BCUT2D eigenvalue weighted by Crippen LogP contribution is -1.98. The van der Waals surface area contributed by atoms with E-state index >= 15 is 0 Å². The summed E-state index contributed by atoms with van der Waals surface area (Å²) in [5, 5.41) is 11.7. The Balaban J connectivity index is 1.70. The summed E-state index contributed by atoms with van der Waals surface area (Å²) in [4.78, 5) is 4.47. The number of benzene rings is 2. The van der Waals surface area contributed by atoms with Crippen LogP contribution in [0.5, 0.6) is 0 Å². The lowest BCUT2D eigenvalue weighted by atomic mass is 10.2. The molecule has 0 atom stereocenters. The van der Waals surface area contributed by atoms with Crippen LogP contribution in [0.4, 0.5) is 0 Å². The van der Waals surface area contributed by atoms with Gasteiger partial charge in [-0.25, -0.2) is 4.98 Å². The maximum atomic E-state index is 4.47. The summed E-state index contributed by atoms with van der Waals surface area (Å²) in [7, 11) is 0. The van der Waals surface area contributed by atoms with Crippen LogP contribution in [-0.2, 0) is 0 Å². The van der Waals surface area contributed by atoms with Gasteiger partial charge in [-0.1, -0.05) is 77.9 Å². The standard InChI is InChI=1S/C20H15N5/c1-3-7-16(8-4-1)11-13-18-15-19(25-20(21-18)22-23-24-25)14-12-17-9-5-2-6-10-17/h1-15H/b13-11-,14-12-. The Morgan fingerprint density at radius 3 is 2.04 bits per heavy atom. The largest absolute Gasteiger partial charge is 0.274 e. The zero-order valence-electron chi connectivity index (χ0n) is 13.4. The van der Waals surface area contributed by atoms with E-state index in [0.29, 0.717) is 5.78 Å². The van der Waals surface area contributed by atoms with Crippen molar-refractivity contribution in [3.05, 3.63) is 89.2 Å². The number of rotatable bonds is 4. The van der Waals surface area contributed by atoms with E-state index in [4.69, 9.17) is 0 Å². The molecule has 0 unspecified atom stereocenters. The predicted octanol–water partition coefficient (Wildman–Crippen LogP) is 3.86. The number of hydrogen-bond acceptors (Lipinski definition) is 4. The molecule has 0 aliphatic rings. The summed E-state index contributed by atoms with van der Waals surface area (Å²) in [5.41, 5.74) is 3.90. The highest BCUT2D eigenvalue weighted by molar-refractivity contribution is 5.72. The van der Waals surface area contributed by atoms with Gasteiger partial charge in [-0.2, -0.15) is 4.52 Å². The molecule has 0 saturated heterocycles. The van der Waals surface area contributed by atoms with E-state index in [9.17, 15) is 0 Å². The molecular weight excluding hydrogens is 310 g/mol. The molecule has 0 N–H and O–H groups in total. The average molecular weight is 325 g/mol. The maximum absolute atomic E-state index is 4.47. The molecule has 0 bridgehead atoms. The van der Waals surface area contributed by atoms with Crippen molar-refractivity contribution in [3.8, 4) is 0 Å². The average Bonchev–Trinajstić information content (AvgIpc) is 3.15. The van der Waals surface area contributed by atoms with Crippen LogP contribution in [0, 0.1) is 0 Å². The van der Waals surface area contributed by atoms with Gasteiger partial charge in [0.15, 0.2) is 0 Å². The number of hydrogen-bond donors (Lipinski definition) is 0. The van der Waals surface area contributed by atoms with Gasteiger partial charge in [0.05, 0.1) is 11.4 Å². The molecule has 2 aromatic carbocycles. The Kier molecular flexibility index (Phi) is 4.12. The van der Waals surface area contributed by atoms with Crippen LogP contribution in [-0.4, -0.2) is 25.0 Å². The predicted molar refractivity (Wildman–Crippen MR) is 99.3 cm³/mol. The van der Waals surface area contributed by atoms with Crippen molar-refractivity contribution in [2.45, 2.75) is 0 Å². The molecule has 5 nitrogen and oxygen atoms in total. The normalized spacial score (nSPS) is 11.7. The van der Waals surface area contributed by atoms with Gasteiger partial charge in [-0.05, 0) is 39.8 Å².